The second-order valence-corrected chi connectivity index (χ2v) is 4.70. The molecule has 14 heavy (non-hydrogen) atoms. The first kappa shape index (κ1) is 12.0. The van der Waals surface area contributed by atoms with Crippen molar-refractivity contribution in [1.29, 1.82) is 0 Å². The van der Waals surface area contributed by atoms with E-state index in [-0.39, 0.29) is 0 Å². The molecule has 0 aromatic rings. The van der Waals surface area contributed by atoms with Crippen molar-refractivity contribution in [3.05, 3.63) is 0 Å². The Morgan fingerprint density at radius 1 is 1.50 bits per heavy atom. The summed E-state index contributed by atoms with van der Waals surface area (Å²) in [6, 6.07) is 0.691. The van der Waals surface area contributed by atoms with Crippen LogP contribution in [-0.2, 0) is 4.74 Å². The first-order valence-corrected chi connectivity index (χ1v) is 6.01. The highest BCUT2D eigenvalue weighted by Gasteiger charge is 2.20. The number of rotatable bonds is 6. The highest BCUT2D eigenvalue weighted by atomic mass is 16.5. The fraction of sp³-hybridized carbons (Fsp3) is 1.00. The van der Waals surface area contributed by atoms with Crippen molar-refractivity contribution in [2.45, 2.75) is 45.6 Å². The highest BCUT2D eigenvalue weighted by Crippen LogP contribution is 2.21. The van der Waals surface area contributed by atoms with Gasteiger partial charge in [0.2, 0.25) is 0 Å². The van der Waals surface area contributed by atoms with E-state index in [0.29, 0.717) is 6.04 Å². The zero-order valence-corrected chi connectivity index (χ0v) is 9.88. The minimum Gasteiger partial charge on any atom is -0.381 e. The van der Waals surface area contributed by atoms with Crippen LogP contribution in [0.3, 0.4) is 0 Å². The molecule has 0 spiro atoms. The maximum absolute atomic E-state index is 5.41. The SMILES string of the molecule is CCC(C)CC(CC1CCOC1)NC. The van der Waals surface area contributed by atoms with E-state index in [1.165, 1.54) is 25.7 Å². The van der Waals surface area contributed by atoms with Gasteiger partial charge in [-0.25, -0.2) is 0 Å². The second-order valence-electron chi connectivity index (χ2n) is 4.70. The fourth-order valence-electron chi connectivity index (χ4n) is 2.16. The van der Waals surface area contributed by atoms with Gasteiger partial charge in [0.15, 0.2) is 0 Å². The molecule has 0 radical (unpaired) electrons. The summed E-state index contributed by atoms with van der Waals surface area (Å²) in [5, 5.41) is 3.44. The van der Waals surface area contributed by atoms with Gasteiger partial charge in [0.1, 0.15) is 0 Å². The van der Waals surface area contributed by atoms with Crippen LogP contribution in [0.15, 0.2) is 0 Å². The van der Waals surface area contributed by atoms with Gasteiger partial charge in [0, 0.05) is 19.3 Å². The maximum Gasteiger partial charge on any atom is 0.0495 e. The van der Waals surface area contributed by atoms with E-state index >= 15 is 0 Å². The van der Waals surface area contributed by atoms with Crippen LogP contribution in [-0.4, -0.2) is 26.3 Å². The largest absolute Gasteiger partial charge is 0.381 e. The molecule has 0 saturated carbocycles. The Labute approximate surface area is 88.4 Å². The molecule has 2 nitrogen and oxygen atoms in total. The number of ether oxygens (including phenoxy) is 1. The zero-order chi connectivity index (χ0) is 10.4. The third kappa shape index (κ3) is 3.97. The van der Waals surface area contributed by atoms with Crippen LogP contribution in [0.25, 0.3) is 0 Å². The molecular formula is C12H25NO. The molecule has 0 aliphatic carbocycles. The summed E-state index contributed by atoms with van der Waals surface area (Å²) in [5.41, 5.74) is 0. The topological polar surface area (TPSA) is 21.3 Å². The van der Waals surface area contributed by atoms with Crippen molar-refractivity contribution in [2.24, 2.45) is 11.8 Å². The summed E-state index contributed by atoms with van der Waals surface area (Å²) >= 11 is 0. The van der Waals surface area contributed by atoms with E-state index < -0.39 is 0 Å². The van der Waals surface area contributed by atoms with Crippen LogP contribution in [0.1, 0.15) is 39.5 Å². The Balaban J connectivity index is 2.22. The Morgan fingerprint density at radius 3 is 2.79 bits per heavy atom. The molecule has 3 atom stereocenters. The van der Waals surface area contributed by atoms with Gasteiger partial charge >= 0.3 is 0 Å². The van der Waals surface area contributed by atoms with Crippen LogP contribution in [0.4, 0.5) is 0 Å². The second kappa shape index (κ2) is 6.41. The molecule has 0 aromatic carbocycles. The predicted octanol–water partition coefficient (Wildman–Crippen LogP) is 2.44. The number of hydrogen-bond acceptors (Lipinski definition) is 2. The zero-order valence-electron chi connectivity index (χ0n) is 9.88. The van der Waals surface area contributed by atoms with E-state index in [2.05, 4.69) is 26.2 Å². The highest BCUT2D eigenvalue weighted by molar-refractivity contribution is 4.74. The lowest BCUT2D eigenvalue weighted by molar-refractivity contribution is 0.180. The van der Waals surface area contributed by atoms with E-state index in [1.807, 2.05) is 0 Å². The smallest absolute Gasteiger partial charge is 0.0495 e. The van der Waals surface area contributed by atoms with E-state index in [1.54, 1.807) is 0 Å². The number of hydrogen-bond donors (Lipinski definition) is 1. The summed E-state index contributed by atoms with van der Waals surface area (Å²) in [5.74, 6) is 1.64. The summed E-state index contributed by atoms with van der Waals surface area (Å²) in [7, 11) is 2.09. The van der Waals surface area contributed by atoms with E-state index in [9.17, 15) is 0 Å². The van der Waals surface area contributed by atoms with Gasteiger partial charge < -0.3 is 10.1 Å². The first-order chi connectivity index (χ1) is 6.76. The molecule has 3 unspecified atom stereocenters. The Bertz CT molecular complexity index is 143. The molecule has 1 N–H and O–H groups in total. The fourth-order valence-corrected chi connectivity index (χ4v) is 2.16. The molecule has 1 aliphatic rings. The normalized spacial score (nSPS) is 26.4. The van der Waals surface area contributed by atoms with Crippen molar-refractivity contribution < 1.29 is 4.74 Å². The van der Waals surface area contributed by atoms with Crippen molar-refractivity contribution >= 4 is 0 Å². The molecule has 0 bridgehead atoms. The molecule has 1 saturated heterocycles. The van der Waals surface area contributed by atoms with Gasteiger partial charge in [0.05, 0.1) is 0 Å². The van der Waals surface area contributed by atoms with Gasteiger partial charge in [-0.15, -0.1) is 0 Å². The lowest BCUT2D eigenvalue weighted by atomic mass is 9.91. The molecule has 84 valence electrons. The lowest BCUT2D eigenvalue weighted by Gasteiger charge is -2.22. The molecular weight excluding hydrogens is 174 g/mol. The van der Waals surface area contributed by atoms with E-state index in [0.717, 1.165) is 25.0 Å². The van der Waals surface area contributed by atoms with Crippen LogP contribution in [0.2, 0.25) is 0 Å². The molecule has 1 fully saturated rings. The van der Waals surface area contributed by atoms with Gasteiger partial charge in [-0.1, -0.05) is 20.3 Å². The molecule has 1 rings (SSSR count). The molecule has 1 heterocycles. The summed E-state index contributed by atoms with van der Waals surface area (Å²) < 4.78 is 5.41. The maximum atomic E-state index is 5.41. The average molecular weight is 199 g/mol. The average Bonchev–Trinajstić information content (AvgIpc) is 2.69. The Kier molecular flexibility index (Phi) is 5.49. The molecule has 0 amide bonds. The van der Waals surface area contributed by atoms with Crippen molar-refractivity contribution in [2.75, 3.05) is 20.3 Å². The minimum atomic E-state index is 0.691. The van der Waals surface area contributed by atoms with Crippen molar-refractivity contribution in [3.8, 4) is 0 Å². The van der Waals surface area contributed by atoms with Crippen molar-refractivity contribution in [3.63, 3.8) is 0 Å². The van der Waals surface area contributed by atoms with Gasteiger partial charge in [-0.3, -0.25) is 0 Å². The van der Waals surface area contributed by atoms with Crippen LogP contribution < -0.4 is 5.32 Å². The molecule has 0 aromatic heterocycles. The van der Waals surface area contributed by atoms with Crippen LogP contribution in [0, 0.1) is 11.8 Å². The Hall–Kier alpha value is -0.0800. The Morgan fingerprint density at radius 2 is 2.29 bits per heavy atom. The summed E-state index contributed by atoms with van der Waals surface area (Å²) in [4.78, 5) is 0. The quantitative estimate of drug-likeness (QED) is 0.709. The number of nitrogens with one attached hydrogen (secondary N) is 1. The van der Waals surface area contributed by atoms with Gasteiger partial charge in [-0.2, -0.15) is 0 Å². The van der Waals surface area contributed by atoms with Gasteiger partial charge in [0.25, 0.3) is 0 Å². The predicted molar refractivity (Wildman–Crippen MR) is 60.5 cm³/mol. The van der Waals surface area contributed by atoms with Crippen LogP contribution >= 0.6 is 0 Å². The monoisotopic (exact) mass is 199 g/mol. The van der Waals surface area contributed by atoms with Crippen LogP contribution in [0.5, 0.6) is 0 Å². The van der Waals surface area contributed by atoms with Gasteiger partial charge in [-0.05, 0) is 38.1 Å². The third-order valence-electron chi connectivity index (χ3n) is 3.43. The van der Waals surface area contributed by atoms with E-state index in [4.69, 9.17) is 4.74 Å². The lowest BCUT2D eigenvalue weighted by Crippen LogP contribution is -2.29. The minimum absolute atomic E-state index is 0.691. The molecule has 2 heteroatoms. The standard InChI is InChI=1S/C12H25NO/c1-4-10(2)7-12(13-3)8-11-5-6-14-9-11/h10-13H,4-9H2,1-3H3. The summed E-state index contributed by atoms with van der Waals surface area (Å²) in [6.45, 7) is 6.58. The summed E-state index contributed by atoms with van der Waals surface area (Å²) in [6.07, 6.45) is 5.16. The first-order valence-electron chi connectivity index (χ1n) is 6.01. The third-order valence-corrected chi connectivity index (χ3v) is 3.43. The molecule has 1 aliphatic heterocycles. The van der Waals surface area contributed by atoms with Crippen molar-refractivity contribution in [1.82, 2.24) is 5.32 Å².